The molecule has 0 fully saturated rings. The number of ether oxygens (including phenoxy) is 2. The van der Waals surface area contributed by atoms with Gasteiger partial charge in [0.05, 0.1) is 18.8 Å². The summed E-state index contributed by atoms with van der Waals surface area (Å²) in [6.07, 6.45) is 5.33. The van der Waals surface area contributed by atoms with Gasteiger partial charge in [-0.2, -0.15) is 0 Å². The van der Waals surface area contributed by atoms with Crippen LogP contribution in [-0.2, 0) is 9.53 Å². The van der Waals surface area contributed by atoms with Crippen molar-refractivity contribution < 1.29 is 19.1 Å². The van der Waals surface area contributed by atoms with Gasteiger partial charge < -0.3 is 14.8 Å². The first-order valence-corrected chi connectivity index (χ1v) is 9.11. The molecule has 0 aromatic heterocycles. The fourth-order valence-electron chi connectivity index (χ4n) is 2.27. The first kappa shape index (κ1) is 20.2. The zero-order valence-electron chi connectivity index (χ0n) is 15.7. The second kappa shape index (κ2) is 10.8. The van der Waals surface area contributed by atoms with Crippen LogP contribution in [0.1, 0.15) is 42.6 Å². The number of nitrogens with one attached hydrogen (secondary N) is 1. The molecule has 0 saturated carbocycles. The molecule has 27 heavy (non-hydrogen) atoms. The number of anilines is 1. The highest BCUT2D eigenvalue weighted by molar-refractivity contribution is 6.02. The number of hydrogen-bond donors (Lipinski definition) is 1. The van der Waals surface area contributed by atoms with E-state index in [1.165, 1.54) is 6.08 Å². The fourth-order valence-corrected chi connectivity index (χ4v) is 2.27. The molecule has 0 aliphatic carbocycles. The van der Waals surface area contributed by atoms with Crippen molar-refractivity contribution in [3.05, 3.63) is 65.7 Å². The first-order valence-electron chi connectivity index (χ1n) is 9.11. The maximum absolute atomic E-state index is 12.0. The van der Waals surface area contributed by atoms with Gasteiger partial charge in [-0.3, -0.25) is 4.79 Å². The molecule has 2 aromatic carbocycles. The lowest BCUT2D eigenvalue weighted by molar-refractivity contribution is -0.111. The van der Waals surface area contributed by atoms with Crippen LogP contribution in [0.2, 0.25) is 0 Å². The molecular formula is C22H25NO4. The number of hydrogen-bond acceptors (Lipinski definition) is 4. The molecular weight excluding hydrogens is 342 g/mol. The molecule has 142 valence electrons. The van der Waals surface area contributed by atoms with Crippen molar-refractivity contribution in [3.8, 4) is 5.75 Å². The predicted octanol–water partition coefficient (Wildman–Crippen LogP) is 4.69. The number of benzene rings is 2. The molecule has 0 unspecified atom stereocenters. The summed E-state index contributed by atoms with van der Waals surface area (Å²) in [6.45, 7) is 4.92. The maximum Gasteiger partial charge on any atom is 0.338 e. The Hall–Kier alpha value is -3.08. The van der Waals surface area contributed by atoms with Crippen LogP contribution < -0.4 is 10.1 Å². The Morgan fingerprint density at radius 2 is 1.70 bits per heavy atom. The van der Waals surface area contributed by atoms with Gasteiger partial charge >= 0.3 is 5.97 Å². The van der Waals surface area contributed by atoms with Crippen molar-refractivity contribution >= 4 is 23.6 Å². The van der Waals surface area contributed by atoms with Gasteiger partial charge in [0.15, 0.2) is 0 Å². The van der Waals surface area contributed by atoms with Gasteiger partial charge in [0.2, 0.25) is 5.91 Å². The molecule has 1 N–H and O–H groups in total. The molecule has 5 heteroatoms. The lowest BCUT2D eigenvalue weighted by Crippen LogP contribution is -2.08. The molecule has 0 atom stereocenters. The van der Waals surface area contributed by atoms with Gasteiger partial charge in [0.1, 0.15) is 5.75 Å². The average molecular weight is 367 g/mol. The third-order valence-electron chi connectivity index (χ3n) is 3.74. The summed E-state index contributed by atoms with van der Waals surface area (Å²) in [5.74, 6) is 0.200. The minimum absolute atomic E-state index is 0.248. The molecule has 2 aromatic rings. The van der Waals surface area contributed by atoms with Crippen molar-refractivity contribution in [2.45, 2.75) is 26.7 Å². The standard InChI is InChI=1S/C22H25NO4/c1-3-5-16-27-20-13-6-17(7-14-20)8-15-21(24)23-19-11-9-18(10-12-19)22(25)26-4-2/h6-15H,3-5,16H2,1-2H3,(H,23,24). The molecule has 1 amide bonds. The lowest BCUT2D eigenvalue weighted by Gasteiger charge is -2.05. The Labute approximate surface area is 160 Å². The van der Waals surface area contributed by atoms with E-state index in [9.17, 15) is 9.59 Å². The van der Waals surface area contributed by atoms with Crippen LogP contribution in [0.4, 0.5) is 5.69 Å². The normalized spacial score (nSPS) is 10.6. The van der Waals surface area contributed by atoms with Crippen LogP contribution in [0, 0.1) is 0 Å². The number of rotatable bonds is 9. The van der Waals surface area contributed by atoms with Gasteiger partial charge in [-0.05, 0) is 61.4 Å². The van der Waals surface area contributed by atoms with E-state index in [1.807, 2.05) is 24.3 Å². The minimum Gasteiger partial charge on any atom is -0.494 e. The molecule has 0 spiro atoms. The first-order chi connectivity index (χ1) is 13.1. The predicted molar refractivity (Wildman–Crippen MR) is 107 cm³/mol. The minimum atomic E-state index is -0.377. The lowest BCUT2D eigenvalue weighted by atomic mass is 10.2. The Morgan fingerprint density at radius 1 is 1.00 bits per heavy atom. The number of esters is 1. The van der Waals surface area contributed by atoms with Gasteiger partial charge in [-0.1, -0.05) is 25.5 Å². The highest BCUT2D eigenvalue weighted by Crippen LogP contribution is 2.14. The molecule has 0 heterocycles. The summed E-state index contributed by atoms with van der Waals surface area (Å²) in [6, 6.07) is 14.2. The van der Waals surface area contributed by atoms with E-state index in [0.717, 1.165) is 24.2 Å². The third kappa shape index (κ3) is 6.98. The maximum atomic E-state index is 12.0. The molecule has 0 aliphatic heterocycles. The molecule has 2 rings (SSSR count). The van der Waals surface area contributed by atoms with Crippen molar-refractivity contribution in [1.29, 1.82) is 0 Å². The summed E-state index contributed by atoms with van der Waals surface area (Å²) in [5, 5.41) is 2.75. The molecule has 0 bridgehead atoms. The van der Waals surface area contributed by atoms with E-state index in [0.29, 0.717) is 24.5 Å². The molecule has 0 radical (unpaired) electrons. The molecule has 0 aliphatic rings. The number of amides is 1. The van der Waals surface area contributed by atoms with Crippen molar-refractivity contribution in [1.82, 2.24) is 0 Å². The largest absolute Gasteiger partial charge is 0.494 e. The second-order valence-electron chi connectivity index (χ2n) is 5.89. The van der Waals surface area contributed by atoms with Gasteiger partial charge in [0.25, 0.3) is 0 Å². The van der Waals surface area contributed by atoms with E-state index in [2.05, 4.69) is 12.2 Å². The number of carbonyl (C=O) groups is 2. The summed E-state index contributed by atoms with van der Waals surface area (Å²) in [5.41, 5.74) is 1.97. The molecule has 5 nitrogen and oxygen atoms in total. The quantitative estimate of drug-likeness (QED) is 0.397. The smallest absolute Gasteiger partial charge is 0.338 e. The van der Waals surface area contributed by atoms with Gasteiger partial charge in [0, 0.05) is 11.8 Å². The van der Waals surface area contributed by atoms with Gasteiger partial charge in [-0.25, -0.2) is 4.79 Å². The summed E-state index contributed by atoms with van der Waals surface area (Å²) in [4.78, 5) is 23.6. The summed E-state index contributed by atoms with van der Waals surface area (Å²) in [7, 11) is 0. The highest BCUT2D eigenvalue weighted by Gasteiger charge is 2.06. The highest BCUT2D eigenvalue weighted by atomic mass is 16.5. The molecule has 0 saturated heterocycles. The Morgan fingerprint density at radius 3 is 2.33 bits per heavy atom. The van der Waals surface area contributed by atoms with Crippen molar-refractivity contribution in [2.75, 3.05) is 18.5 Å². The number of unbranched alkanes of at least 4 members (excludes halogenated alkanes) is 1. The fraction of sp³-hybridized carbons (Fsp3) is 0.273. The van der Waals surface area contributed by atoms with E-state index < -0.39 is 0 Å². The van der Waals surface area contributed by atoms with Crippen LogP contribution in [0.25, 0.3) is 6.08 Å². The van der Waals surface area contributed by atoms with Crippen molar-refractivity contribution in [3.63, 3.8) is 0 Å². The zero-order valence-corrected chi connectivity index (χ0v) is 15.7. The van der Waals surface area contributed by atoms with Crippen molar-refractivity contribution in [2.24, 2.45) is 0 Å². The second-order valence-corrected chi connectivity index (χ2v) is 5.89. The summed E-state index contributed by atoms with van der Waals surface area (Å²) < 4.78 is 10.5. The topological polar surface area (TPSA) is 64.6 Å². The summed E-state index contributed by atoms with van der Waals surface area (Å²) >= 11 is 0. The van der Waals surface area contributed by atoms with Crippen LogP contribution in [0.3, 0.4) is 0 Å². The zero-order chi connectivity index (χ0) is 19.5. The average Bonchev–Trinajstić information content (AvgIpc) is 2.68. The number of carbonyl (C=O) groups excluding carboxylic acids is 2. The third-order valence-corrected chi connectivity index (χ3v) is 3.74. The Balaban J connectivity index is 1.86. The van der Waals surface area contributed by atoms with Crippen LogP contribution >= 0.6 is 0 Å². The van der Waals surface area contributed by atoms with E-state index in [1.54, 1.807) is 37.3 Å². The van der Waals surface area contributed by atoms with Crippen LogP contribution in [0.5, 0.6) is 5.75 Å². The Kier molecular flexibility index (Phi) is 8.10. The van der Waals surface area contributed by atoms with E-state index in [-0.39, 0.29) is 11.9 Å². The van der Waals surface area contributed by atoms with Crippen LogP contribution in [-0.4, -0.2) is 25.1 Å². The monoisotopic (exact) mass is 367 g/mol. The van der Waals surface area contributed by atoms with Gasteiger partial charge in [-0.15, -0.1) is 0 Å². The van der Waals surface area contributed by atoms with E-state index >= 15 is 0 Å². The van der Waals surface area contributed by atoms with Crippen LogP contribution in [0.15, 0.2) is 54.6 Å². The SMILES string of the molecule is CCCCOc1ccc(C=CC(=O)Nc2ccc(C(=O)OCC)cc2)cc1. The Bertz CT molecular complexity index is 764. The van der Waals surface area contributed by atoms with E-state index in [4.69, 9.17) is 9.47 Å².